The van der Waals surface area contributed by atoms with Gasteiger partial charge >= 0.3 is 0 Å². The molecule has 1 aliphatic rings. The van der Waals surface area contributed by atoms with Crippen LogP contribution < -0.4 is 4.90 Å². The fourth-order valence-corrected chi connectivity index (χ4v) is 2.07. The summed E-state index contributed by atoms with van der Waals surface area (Å²) < 4.78 is 5.60. The van der Waals surface area contributed by atoms with Gasteiger partial charge in [0, 0.05) is 20.2 Å². The quantitative estimate of drug-likeness (QED) is 0.741. The smallest absolute Gasteiger partial charge is 0.0992 e. The minimum absolute atomic E-state index is 0.585. The third-order valence-corrected chi connectivity index (χ3v) is 3.41. The number of rotatable bonds is 6. The molecule has 1 aromatic carbocycles. The lowest BCUT2D eigenvalue weighted by atomic mass is 10.2. The van der Waals surface area contributed by atoms with Crippen molar-refractivity contribution in [3.05, 3.63) is 28.8 Å². The van der Waals surface area contributed by atoms with E-state index in [-0.39, 0.29) is 0 Å². The first kappa shape index (κ1) is 13.2. The van der Waals surface area contributed by atoms with Crippen LogP contribution in [0.5, 0.6) is 0 Å². The predicted molar refractivity (Wildman–Crippen MR) is 73.0 cm³/mol. The van der Waals surface area contributed by atoms with Gasteiger partial charge < -0.3 is 9.64 Å². The van der Waals surface area contributed by atoms with Crippen LogP contribution in [0.25, 0.3) is 0 Å². The Morgan fingerprint density at radius 3 is 2.89 bits per heavy atom. The van der Waals surface area contributed by atoms with Gasteiger partial charge in [-0.1, -0.05) is 11.6 Å². The van der Waals surface area contributed by atoms with E-state index in [9.17, 15) is 0 Å². The Hall–Kier alpha value is -1.24. The lowest BCUT2D eigenvalue weighted by Crippen LogP contribution is -2.23. The third kappa shape index (κ3) is 3.63. The van der Waals surface area contributed by atoms with Crippen LogP contribution in [-0.2, 0) is 4.74 Å². The molecule has 4 heteroatoms. The Balaban J connectivity index is 1.83. The van der Waals surface area contributed by atoms with Crippen LogP contribution in [0.4, 0.5) is 5.69 Å². The molecule has 0 unspecified atom stereocenters. The maximum atomic E-state index is 8.78. The van der Waals surface area contributed by atoms with Crippen LogP contribution in [0.3, 0.4) is 0 Å². The molecule has 2 rings (SSSR count). The molecule has 3 nitrogen and oxygen atoms in total. The number of anilines is 1. The number of ether oxygens (including phenoxy) is 1. The van der Waals surface area contributed by atoms with Crippen molar-refractivity contribution in [3.63, 3.8) is 0 Å². The highest BCUT2D eigenvalue weighted by atomic mass is 35.5. The summed E-state index contributed by atoms with van der Waals surface area (Å²) in [6, 6.07) is 7.43. The fourth-order valence-electron chi connectivity index (χ4n) is 1.74. The summed E-state index contributed by atoms with van der Waals surface area (Å²) in [6.45, 7) is 2.40. The standard InChI is InChI=1S/C14H17ClN2O/c1-17(6-7-18-10-11-2-3-11)14-5-4-12(9-16)8-13(14)15/h4-5,8,11H,2-3,6-7,10H2,1H3. The average molecular weight is 265 g/mol. The van der Waals surface area contributed by atoms with Crippen molar-refractivity contribution in [2.24, 2.45) is 5.92 Å². The van der Waals surface area contributed by atoms with Gasteiger partial charge in [-0.3, -0.25) is 0 Å². The molecule has 0 N–H and O–H groups in total. The topological polar surface area (TPSA) is 36.3 Å². The average Bonchev–Trinajstić information content (AvgIpc) is 3.18. The molecule has 0 bridgehead atoms. The van der Waals surface area contributed by atoms with Gasteiger partial charge in [-0.2, -0.15) is 5.26 Å². The Bertz CT molecular complexity index is 452. The third-order valence-electron chi connectivity index (χ3n) is 3.11. The lowest BCUT2D eigenvalue weighted by molar-refractivity contribution is 0.131. The first-order chi connectivity index (χ1) is 8.70. The number of halogens is 1. The Morgan fingerprint density at radius 1 is 1.50 bits per heavy atom. The first-order valence-corrected chi connectivity index (χ1v) is 6.57. The maximum absolute atomic E-state index is 8.78. The van der Waals surface area contributed by atoms with Gasteiger partial charge in [-0.25, -0.2) is 0 Å². The van der Waals surface area contributed by atoms with Crippen LogP contribution in [0.1, 0.15) is 18.4 Å². The molecule has 0 aliphatic heterocycles. The molecular weight excluding hydrogens is 248 g/mol. The number of hydrogen-bond acceptors (Lipinski definition) is 3. The van der Waals surface area contributed by atoms with E-state index in [0.29, 0.717) is 17.2 Å². The Labute approximate surface area is 113 Å². The number of likely N-dealkylation sites (N-methyl/N-ethyl adjacent to an activating group) is 1. The number of benzene rings is 1. The molecule has 0 spiro atoms. The van der Waals surface area contributed by atoms with Crippen LogP contribution in [-0.4, -0.2) is 26.8 Å². The minimum Gasteiger partial charge on any atom is -0.379 e. The van der Waals surface area contributed by atoms with Gasteiger partial charge in [0.2, 0.25) is 0 Å². The van der Waals surface area contributed by atoms with Crippen LogP contribution in [0.15, 0.2) is 18.2 Å². The van der Waals surface area contributed by atoms with Crippen molar-refractivity contribution >= 4 is 17.3 Å². The summed E-state index contributed by atoms with van der Waals surface area (Å²) in [5.41, 5.74) is 1.52. The zero-order chi connectivity index (χ0) is 13.0. The molecule has 0 aromatic heterocycles. The molecule has 1 fully saturated rings. The second-order valence-electron chi connectivity index (χ2n) is 4.72. The fraction of sp³-hybridized carbons (Fsp3) is 0.500. The van der Waals surface area contributed by atoms with E-state index in [0.717, 1.165) is 24.8 Å². The molecule has 0 saturated heterocycles. The van der Waals surface area contributed by atoms with Gasteiger partial charge in [0.15, 0.2) is 0 Å². The van der Waals surface area contributed by atoms with Crippen LogP contribution in [0, 0.1) is 17.2 Å². The molecule has 18 heavy (non-hydrogen) atoms. The van der Waals surface area contributed by atoms with Crippen molar-refractivity contribution in [1.82, 2.24) is 0 Å². The highest BCUT2D eigenvalue weighted by Crippen LogP contribution is 2.29. The molecule has 0 atom stereocenters. The number of nitrogens with zero attached hydrogens (tertiary/aromatic N) is 2. The summed E-state index contributed by atoms with van der Waals surface area (Å²) in [5.74, 6) is 0.800. The Morgan fingerprint density at radius 2 is 2.28 bits per heavy atom. The second-order valence-corrected chi connectivity index (χ2v) is 5.13. The largest absolute Gasteiger partial charge is 0.379 e. The van der Waals surface area contributed by atoms with Crippen LogP contribution in [0.2, 0.25) is 5.02 Å². The molecule has 1 aromatic rings. The monoisotopic (exact) mass is 264 g/mol. The summed E-state index contributed by atoms with van der Waals surface area (Å²) in [6.07, 6.45) is 2.63. The summed E-state index contributed by atoms with van der Waals surface area (Å²) in [5, 5.41) is 9.39. The summed E-state index contributed by atoms with van der Waals surface area (Å²) in [7, 11) is 1.98. The number of hydrogen-bond donors (Lipinski definition) is 0. The molecule has 1 aliphatic carbocycles. The molecule has 96 valence electrons. The highest BCUT2D eigenvalue weighted by molar-refractivity contribution is 6.33. The van der Waals surface area contributed by atoms with Crippen molar-refractivity contribution in [3.8, 4) is 6.07 Å². The van der Waals surface area contributed by atoms with Gasteiger partial charge in [0.05, 0.1) is 28.9 Å². The van der Waals surface area contributed by atoms with Crippen molar-refractivity contribution in [1.29, 1.82) is 5.26 Å². The van der Waals surface area contributed by atoms with E-state index in [1.807, 2.05) is 13.1 Å². The van der Waals surface area contributed by atoms with E-state index in [1.54, 1.807) is 12.1 Å². The van der Waals surface area contributed by atoms with E-state index < -0.39 is 0 Å². The van der Waals surface area contributed by atoms with Gasteiger partial charge in [0.1, 0.15) is 0 Å². The lowest BCUT2D eigenvalue weighted by Gasteiger charge is -2.20. The second kappa shape index (κ2) is 6.08. The van der Waals surface area contributed by atoms with E-state index in [1.165, 1.54) is 12.8 Å². The zero-order valence-electron chi connectivity index (χ0n) is 10.5. The molecule has 1 saturated carbocycles. The van der Waals surface area contributed by atoms with Gasteiger partial charge in [0.25, 0.3) is 0 Å². The number of nitriles is 1. The first-order valence-electron chi connectivity index (χ1n) is 6.19. The van der Waals surface area contributed by atoms with Gasteiger partial charge in [-0.15, -0.1) is 0 Å². The van der Waals surface area contributed by atoms with Crippen molar-refractivity contribution in [2.45, 2.75) is 12.8 Å². The zero-order valence-corrected chi connectivity index (χ0v) is 11.3. The maximum Gasteiger partial charge on any atom is 0.0992 e. The molecule has 0 heterocycles. The van der Waals surface area contributed by atoms with E-state index in [2.05, 4.69) is 11.0 Å². The van der Waals surface area contributed by atoms with Crippen LogP contribution >= 0.6 is 11.6 Å². The van der Waals surface area contributed by atoms with E-state index in [4.69, 9.17) is 21.6 Å². The van der Waals surface area contributed by atoms with Crippen molar-refractivity contribution in [2.75, 3.05) is 31.7 Å². The van der Waals surface area contributed by atoms with Crippen molar-refractivity contribution < 1.29 is 4.74 Å². The minimum atomic E-state index is 0.585. The normalized spacial score (nSPS) is 14.3. The molecule has 0 radical (unpaired) electrons. The van der Waals surface area contributed by atoms with E-state index >= 15 is 0 Å². The summed E-state index contributed by atoms with van der Waals surface area (Å²) in [4.78, 5) is 2.05. The Kier molecular flexibility index (Phi) is 4.46. The molecular formula is C14H17ClN2O. The SMILES string of the molecule is CN(CCOCC1CC1)c1ccc(C#N)cc1Cl. The summed E-state index contributed by atoms with van der Waals surface area (Å²) >= 11 is 6.14. The van der Waals surface area contributed by atoms with Gasteiger partial charge in [-0.05, 0) is 37.0 Å². The predicted octanol–water partition coefficient (Wildman–Crippen LogP) is 3.07. The molecule has 0 amide bonds. The highest BCUT2D eigenvalue weighted by Gasteiger charge is 2.21.